The van der Waals surface area contributed by atoms with Crippen LogP contribution in [-0.2, 0) is 16.0 Å². The van der Waals surface area contributed by atoms with Crippen molar-refractivity contribution in [3.05, 3.63) is 22.4 Å². The van der Waals surface area contributed by atoms with Crippen LogP contribution in [0.5, 0.6) is 0 Å². The van der Waals surface area contributed by atoms with Crippen molar-refractivity contribution in [3.63, 3.8) is 0 Å². The first-order valence-corrected chi connectivity index (χ1v) is 7.89. The van der Waals surface area contributed by atoms with Gasteiger partial charge in [0.15, 0.2) is 6.29 Å². The largest absolute Gasteiger partial charge is 0.356 e. The molecule has 1 aromatic rings. The quantitative estimate of drug-likeness (QED) is 0.712. The molecule has 0 saturated heterocycles. The summed E-state index contributed by atoms with van der Waals surface area (Å²) in [5.41, 5.74) is 5.93. The van der Waals surface area contributed by atoms with E-state index >= 15 is 0 Å². The fourth-order valence-electron chi connectivity index (χ4n) is 2.51. The number of hydrogen-bond donors (Lipinski definition) is 1. The normalized spacial score (nSPS) is 15.2. The summed E-state index contributed by atoms with van der Waals surface area (Å²) >= 11 is 1.78. The minimum absolute atomic E-state index is 0.158. The molecule has 0 saturated carbocycles. The molecule has 0 fully saturated rings. The van der Waals surface area contributed by atoms with Crippen LogP contribution in [-0.4, -0.2) is 43.5 Å². The van der Waals surface area contributed by atoms with Gasteiger partial charge in [0.05, 0.1) is 0 Å². The van der Waals surface area contributed by atoms with Crippen LogP contribution in [0.2, 0.25) is 0 Å². The maximum atomic E-state index is 6.08. The lowest BCUT2D eigenvalue weighted by Crippen LogP contribution is -2.55. The minimum Gasteiger partial charge on any atom is -0.356 e. The fourth-order valence-corrected chi connectivity index (χ4v) is 3.21. The summed E-state index contributed by atoms with van der Waals surface area (Å²) in [5.74, 6) is 0. The Morgan fingerprint density at radius 3 is 2.40 bits per heavy atom. The third-order valence-corrected chi connectivity index (χ3v) is 4.66. The van der Waals surface area contributed by atoms with Crippen LogP contribution in [0.25, 0.3) is 0 Å². The molecule has 0 aliphatic carbocycles. The average Bonchev–Trinajstić information content (AvgIpc) is 2.94. The number of methoxy groups -OCH3 is 2. The zero-order chi connectivity index (χ0) is 15.2. The van der Waals surface area contributed by atoms with Crippen molar-refractivity contribution in [2.45, 2.75) is 51.6 Å². The molecule has 0 radical (unpaired) electrons. The van der Waals surface area contributed by atoms with Crippen LogP contribution in [0.3, 0.4) is 0 Å². The second kappa shape index (κ2) is 8.10. The second-order valence-corrected chi connectivity index (χ2v) is 6.64. The van der Waals surface area contributed by atoms with Gasteiger partial charge in [-0.15, -0.1) is 11.3 Å². The highest BCUT2D eigenvalue weighted by atomic mass is 32.1. The highest BCUT2D eigenvalue weighted by Gasteiger charge is 2.35. The SMILES string of the molecule is COC(CC(C)(CN)N(Cc1cccs1)C(C)C)OC. The molecule has 1 rings (SSSR count). The first-order valence-electron chi connectivity index (χ1n) is 7.01. The van der Waals surface area contributed by atoms with Crippen LogP contribution in [0.4, 0.5) is 0 Å². The number of thiophene rings is 1. The number of rotatable bonds is 9. The van der Waals surface area contributed by atoms with Gasteiger partial charge in [0.1, 0.15) is 0 Å². The first kappa shape index (κ1) is 17.6. The lowest BCUT2D eigenvalue weighted by molar-refractivity contribution is -0.132. The maximum absolute atomic E-state index is 6.08. The third-order valence-electron chi connectivity index (χ3n) is 3.79. The Balaban J connectivity index is 2.89. The zero-order valence-electron chi connectivity index (χ0n) is 13.3. The molecule has 0 spiro atoms. The predicted molar refractivity (Wildman–Crippen MR) is 84.9 cm³/mol. The van der Waals surface area contributed by atoms with Gasteiger partial charge in [0, 0.05) is 50.2 Å². The summed E-state index contributed by atoms with van der Waals surface area (Å²) in [7, 11) is 3.34. The molecular weight excluding hydrogens is 272 g/mol. The van der Waals surface area contributed by atoms with Crippen LogP contribution in [0, 0.1) is 0 Å². The summed E-state index contributed by atoms with van der Waals surface area (Å²) in [5, 5.41) is 2.11. The monoisotopic (exact) mass is 300 g/mol. The molecule has 2 N–H and O–H groups in total. The Hall–Kier alpha value is -0.460. The van der Waals surface area contributed by atoms with E-state index in [2.05, 4.69) is 43.2 Å². The number of nitrogens with zero attached hydrogens (tertiary/aromatic N) is 1. The molecule has 0 aliphatic rings. The van der Waals surface area contributed by atoms with E-state index in [0.29, 0.717) is 12.6 Å². The molecule has 4 nitrogen and oxygen atoms in total. The summed E-state index contributed by atoms with van der Waals surface area (Å²) in [4.78, 5) is 3.79. The van der Waals surface area contributed by atoms with Crippen molar-refractivity contribution >= 4 is 11.3 Å². The molecule has 1 atom stereocenters. The van der Waals surface area contributed by atoms with E-state index in [0.717, 1.165) is 13.0 Å². The molecule has 0 amide bonds. The van der Waals surface area contributed by atoms with Crippen molar-refractivity contribution in [2.24, 2.45) is 5.73 Å². The van der Waals surface area contributed by atoms with Crippen LogP contribution >= 0.6 is 11.3 Å². The molecule has 116 valence electrons. The van der Waals surface area contributed by atoms with Gasteiger partial charge in [-0.3, -0.25) is 4.90 Å². The summed E-state index contributed by atoms with van der Waals surface area (Å²) < 4.78 is 10.7. The number of nitrogens with two attached hydrogens (primary N) is 1. The van der Waals surface area contributed by atoms with E-state index in [1.165, 1.54) is 4.88 Å². The van der Waals surface area contributed by atoms with Gasteiger partial charge in [-0.2, -0.15) is 0 Å². The Labute approximate surface area is 126 Å². The van der Waals surface area contributed by atoms with E-state index in [1.54, 1.807) is 25.6 Å². The molecule has 20 heavy (non-hydrogen) atoms. The molecule has 0 bridgehead atoms. The van der Waals surface area contributed by atoms with E-state index in [4.69, 9.17) is 15.2 Å². The van der Waals surface area contributed by atoms with E-state index in [9.17, 15) is 0 Å². The van der Waals surface area contributed by atoms with Crippen molar-refractivity contribution in [1.29, 1.82) is 0 Å². The zero-order valence-corrected chi connectivity index (χ0v) is 14.1. The third kappa shape index (κ3) is 4.53. The van der Waals surface area contributed by atoms with Gasteiger partial charge >= 0.3 is 0 Å². The molecular formula is C15H28N2O2S. The van der Waals surface area contributed by atoms with Crippen LogP contribution in [0.15, 0.2) is 17.5 Å². The van der Waals surface area contributed by atoms with Crippen molar-refractivity contribution in [2.75, 3.05) is 20.8 Å². The maximum Gasteiger partial charge on any atom is 0.158 e. The first-order chi connectivity index (χ1) is 9.46. The Morgan fingerprint density at radius 2 is 2.00 bits per heavy atom. The van der Waals surface area contributed by atoms with Gasteiger partial charge < -0.3 is 15.2 Å². The summed E-state index contributed by atoms with van der Waals surface area (Å²) in [6, 6.07) is 4.66. The lowest BCUT2D eigenvalue weighted by atomic mass is 9.93. The number of hydrogen-bond acceptors (Lipinski definition) is 5. The van der Waals surface area contributed by atoms with Gasteiger partial charge in [0.25, 0.3) is 0 Å². The highest BCUT2D eigenvalue weighted by Crippen LogP contribution is 2.27. The van der Waals surface area contributed by atoms with Gasteiger partial charge in [-0.25, -0.2) is 0 Å². The molecule has 1 unspecified atom stereocenters. The molecule has 0 aliphatic heterocycles. The predicted octanol–water partition coefficient (Wildman–Crippen LogP) is 2.68. The number of ether oxygens (including phenoxy) is 2. The van der Waals surface area contributed by atoms with E-state index in [-0.39, 0.29) is 11.8 Å². The average molecular weight is 300 g/mol. The van der Waals surface area contributed by atoms with Crippen LogP contribution in [0.1, 0.15) is 32.1 Å². The van der Waals surface area contributed by atoms with Crippen molar-refractivity contribution < 1.29 is 9.47 Å². The topological polar surface area (TPSA) is 47.7 Å². The van der Waals surface area contributed by atoms with Crippen molar-refractivity contribution in [1.82, 2.24) is 4.90 Å². The summed E-state index contributed by atoms with van der Waals surface area (Å²) in [6.45, 7) is 8.07. The minimum atomic E-state index is -0.229. The highest BCUT2D eigenvalue weighted by molar-refractivity contribution is 7.09. The smallest absolute Gasteiger partial charge is 0.158 e. The van der Waals surface area contributed by atoms with Gasteiger partial charge in [-0.05, 0) is 32.2 Å². The van der Waals surface area contributed by atoms with Crippen LogP contribution < -0.4 is 5.73 Å². The van der Waals surface area contributed by atoms with Crippen molar-refractivity contribution in [3.8, 4) is 0 Å². The fraction of sp³-hybridized carbons (Fsp3) is 0.733. The second-order valence-electron chi connectivity index (χ2n) is 5.61. The Bertz CT molecular complexity index is 366. The molecule has 1 aromatic heterocycles. The Morgan fingerprint density at radius 1 is 1.35 bits per heavy atom. The molecule has 1 heterocycles. The van der Waals surface area contributed by atoms with E-state index in [1.807, 2.05) is 0 Å². The summed E-state index contributed by atoms with van der Waals surface area (Å²) in [6.07, 6.45) is 0.521. The molecule has 5 heteroatoms. The van der Waals surface area contributed by atoms with E-state index < -0.39 is 0 Å². The molecule has 0 aromatic carbocycles. The standard InChI is InChI=1S/C15H28N2O2S/c1-12(2)17(10-13-7-6-8-20-13)15(3,11-16)9-14(18-4)19-5/h6-8,12,14H,9-11,16H2,1-5H3. The lowest BCUT2D eigenvalue weighted by Gasteiger charge is -2.44. The van der Waals surface area contributed by atoms with Gasteiger partial charge in [0.2, 0.25) is 0 Å². The van der Waals surface area contributed by atoms with Gasteiger partial charge in [-0.1, -0.05) is 6.07 Å². The Kier molecular flexibility index (Phi) is 7.12.